The summed E-state index contributed by atoms with van der Waals surface area (Å²) in [5.74, 6) is 0.809. The molecular weight excluding hydrogens is 354 g/mol. The second kappa shape index (κ2) is 8.85. The third-order valence-electron chi connectivity index (χ3n) is 3.95. The normalized spacial score (nSPS) is 10.2. The van der Waals surface area contributed by atoms with Crippen LogP contribution in [0.4, 0.5) is 23.0 Å². The summed E-state index contributed by atoms with van der Waals surface area (Å²) in [5.41, 5.74) is 2.88. The number of hydrogen-bond acceptors (Lipinski definition) is 6. The molecule has 1 aromatic heterocycles. The highest BCUT2D eigenvalue weighted by molar-refractivity contribution is 6.03. The van der Waals surface area contributed by atoms with Gasteiger partial charge < -0.3 is 20.3 Å². The maximum Gasteiger partial charge on any atom is 0.274 e. The number of ether oxygens (including phenoxy) is 1. The molecule has 0 unspecified atom stereocenters. The number of hydrogen-bond donors (Lipinski definition) is 2. The first-order valence-electron chi connectivity index (χ1n) is 8.97. The van der Waals surface area contributed by atoms with Crippen molar-refractivity contribution < 1.29 is 9.53 Å². The molecule has 0 radical (unpaired) electrons. The zero-order valence-corrected chi connectivity index (χ0v) is 16.1. The lowest BCUT2D eigenvalue weighted by Gasteiger charge is -2.13. The molecule has 0 bridgehead atoms. The number of carbonyl (C=O) groups excluding carboxylic acids is 1. The maximum absolute atomic E-state index is 12.5. The van der Waals surface area contributed by atoms with Crippen molar-refractivity contribution in [1.29, 1.82) is 0 Å². The summed E-state index contributed by atoms with van der Waals surface area (Å²) < 4.78 is 5.40. The van der Waals surface area contributed by atoms with Crippen molar-refractivity contribution >= 4 is 28.9 Å². The minimum atomic E-state index is -0.308. The maximum atomic E-state index is 12.5. The van der Waals surface area contributed by atoms with E-state index in [0.717, 1.165) is 17.1 Å². The molecule has 0 aliphatic carbocycles. The molecule has 3 rings (SSSR count). The molecule has 2 aromatic carbocycles. The first-order valence-corrected chi connectivity index (χ1v) is 8.97. The Morgan fingerprint density at radius 1 is 1.00 bits per heavy atom. The second-order valence-corrected chi connectivity index (χ2v) is 6.24. The molecule has 7 nitrogen and oxygen atoms in total. The van der Waals surface area contributed by atoms with Gasteiger partial charge in [-0.1, -0.05) is 0 Å². The van der Waals surface area contributed by atoms with Crippen LogP contribution >= 0.6 is 0 Å². The summed E-state index contributed by atoms with van der Waals surface area (Å²) in [6, 6.07) is 16.6. The molecule has 0 saturated carbocycles. The largest absolute Gasteiger partial charge is 0.494 e. The Balaban J connectivity index is 1.67. The first-order chi connectivity index (χ1) is 13.5. The number of carbonyl (C=O) groups is 1. The van der Waals surface area contributed by atoms with Gasteiger partial charge in [-0.3, -0.25) is 4.79 Å². The molecule has 1 amide bonds. The molecule has 1 heterocycles. The van der Waals surface area contributed by atoms with E-state index in [1.54, 1.807) is 24.4 Å². The van der Waals surface area contributed by atoms with E-state index in [1.165, 1.54) is 0 Å². The van der Waals surface area contributed by atoms with E-state index in [0.29, 0.717) is 18.2 Å². The molecule has 2 N–H and O–H groups in total. The molecule has 0 saturated heterocycles. The van der Waals surface area contributed by atoms with Crippen LogP contribution < -0.4 is 20.3 Å². The van der Waals surface area contributed by atoms with Crippen molar-refractivity contribution in [3.05, 3.63) is 66.5 Å². The molecule has 7 heteroatoms. The van der Waals surface area contributed by atoms with E-state index in [1.807, 2.05) is 62.3 Å². The van der Waals surface area contributed by atoms with Gasteiger partial charge in [-0.25, -0.2) is 9.97 Å². The van der Waals surface area contributed by atoms with E-state index in [-0.39, 0.29) is 11.6 Å². The van der Waals surface area contributed by atoms with Gasteiger partial charge in [0, 0.05) is 37.4 Å². The van der Waals surface area contributed by atoms with E-state index < -0.39 is 0 Å². The molecular formula is C21H23N5O2. The Hall–Kier alpha value is -3.61. The Labute approximate surface area is 164 Å². The SMILES string of the molecule is CCOc1ccc(NC(=O)c2ccnc(Nc3ccc(N(C)C)cc3)n2)cc1. The third-order valence-corrected chi connectivity index (χ3v) is 3.95. The Kier molecular flexibility index (Phi) is 6.06. The van der Waals surface area contributed by atoms with Gasteiger partial charge in [0.2, 0.25) is 5.95 Å². The highest BCUT2D eigenvalue weighted by atomic mass is 16.5. The third kappa shape index (κ3) is 4.97. The Morgan fingerprint density at radius 2 is 1.68 bits per heavy atom. The fourth-order valence-electron chi connectivity index (χ4n) is 2.51. The fourth-order valence-corrected chi connectivity index (χ4v) is 2.51. The van der Waals surface area contributed by atoms with Crippen LogP contribution in [0.25, 0.3) is 0 Å². The molecule has 28 heavy (non-hydrogen) atoms. The van der Waals surface area contributed by atoms with Crippen molar-refractivity contribution in [3.63, 3.8) is 0 Å². The van der Waals surface area contributed by atoms with E-state index in [2.05, 4.69) is 20.6 Å². The van der Waals surface area contributed by atoms with Crippen LogP contribution in [0.5, 0.6) is 5.75 Å². The standard InChI is InChI=1S/C21H23N5O2/c1-4-28-18-11-7-15(8-12-18)23-20(27)19-13-14-22-21(25-19)24-16-5-9-17(10-6-16)26(2)3/h5-14H,4H2,1-3H3,(H,23,27)(H,22,24,25). The minimum absolute atomic E-state index is 0.274. The van der Waals surface area contributed by atoms with Crippen molar-refractivity contribution in [3.8, 4) is 5.75 Å². The smallest absolute Gasteiger partial charge is 0.274 e. The first kappa shape index (κ1) is 19.2. The number of rotatable bonds is 7. The minimum Gasteiger partial charge on any atom is -0.494 e. The predicted octanol–water partition coefficient (Wildman–Crippen LogP) is 3.94. The van der Waals surface area contributed by atoms with Gasteiger partial charge in [0.15, 0.2) is 0 Å². The van der Waals surface area contributed by atoms with Crippen LogP contribution in [0.15, 0.2) is 60.8 Å². The quantitative estimate of drug-likeness (QED) is 0.649. The van der Waals surface area contributed by atoms with Gasteiger partial charge >= 0.3 is 0 Å². The van der Waals surface area contributed by atoms with Crippen LogP contribution in [0.3, 0.4) is 0 Å². The average Bonchev–Trinajstić information content (AvgIpc) is 2.70. The van der Waals surface area contributed by atoms with E-state index in [4.69, 9.17) is 4.74 Å². The zero-order chi connectivity index (χ0) is 19.9. The predicted molar refractivity (Wildman–Crippen MR) is 112 cm³/mol. The highest BCUT2D eigenvalue weighted by Crippen LogP contribution is 2.19. The number of anilines is 4. The van der Waals surface area contributed by atoms with E-state index >= 15 is 0 Å². The van der Waals surface area contributed by atoms with Crippen LogP contribution in [-0.2, 0) is 0 Å². The Morgan fingerprint density at radius 3 is 2.32 bits per heavy atom. The lowest BCUT2D eigenvalue weighted by atomic mass is 10.2. The number of nitrogens with one attached hydrogen (secondary N) is 2. The number of benzene rings is 2. The molecule has 0 aliphatic rings. The molecule has 0 fully saturated rings. The molecule has 3 aromatic rings. The molecule has 0 aliphatic heterocycles. The number of nitrogens with zero attached hydrogens (tertiary/aromatic N) is 3. The Bertz CT molecular complexity index is 924. The summed E-state index contributed by atoms with van der Waals surface area (Å²) >= 11 is 0. The van der Waals surface area contributed by atoms with Crippen LogP contribution in [0.1, 0.15) is 17.4 Å². The van der Waals surface area contributed by atoms with Crippen molar-refractivity contribution in [1.82, 2.24) is 9.97 Å². The van der Waals surface area contributed by atoms with Crippen molar-refractivity contribution in [2.24, 2.45) is 0 Å². The summed E-state index contributed by atoms with van der Waals surface area (Å²) in [5, 5.41) is 5.93. The van der Waals surface area contributed by atoms with Gasteiger partial charge in [0.1, 0.15) is 11.4 Å². The number of aromatic nitrogens is 2. The monoisotopic (exact) mass is 377 g/mol. The summed E-state index contributed by atoms with van der Waals surface area (Å²) in [6.45, 7) is 2.52. The summed E-state index contributed by atoms with van der Waals surface area (Å²) in [6.07, 6.45) is 1.55. The van der Waals surface area contributed by atoms with Crippen molar-refractivity contribution in [2.75, 3.05) is 36.2 Å². The van der Waals surface area contributed by atoms with Crippen LogP contribution in [0, 0.1) is 0 Å². The van der Waals surface area contributed by atoms with Crippen LogP contribution in [-0.4, -0.2) is 36.6 Å². The van der Waals surface area contributed by atoms with E-state index in [9.17, 15) is 4.79 Å². The fraction of sp³-hybridized carbons (Fsp3) is 0.190. The molecule has 0 atom stereocenters. The average molecular weight is 377 g/mol. The second-order valence-electron chi connectivity index (χ2n) is 6.24. The lowest BCUT2D eigenvalue weighted by molar-refractivity contribution is 0.102. The van der Waals surface area contributed by atoms with Gasteiger partial charge in [0.05, 0.1) is 6.61 Å². The summed E-state index contributed by atoms with van der Waals surface area (Å²) in [7, 11) is 3.97. The summed E-state index contributed by atoms with van der Waals surface area (Å²) in [4.78, 5) is 23.0. The topological polar surface area (TPSA) is 79.4 Å². The van der Waals surface area contributed by atoms with Gasteiger partial charge in [-0.05, 0) is 61.5 Å². The highest BCUT2D eigenvalue weighted by Gasteiger charge is 2.10. The zero-order valence-electron chi connectivity index (χ0n) is 16.1. The lowest BCUT2D eigenvalue weighted by Crippen LogP contribution is -2.14. The molecule has 144 valence electrons. The van der Waals surface area contributed by atoms with Crippen molar-refractivity contribution in [2.45, 2.75) is 6.92 Å². The van der Waals surface area contributed by atoms with Gasteiger partial charge in [-0.2, -0.15) is 0 Å². The van der Waals surface area contributed by atoms with Gasteiger partial charge in [0.25, 0.3) is 5.91 Å². The number of amides is 1. The molecule has 0 spiro atoms. The van der Waals surface area contributed by atoms with Gasteiger partial charge in [-0.15, -0.1) is 0 Å². The van der Waals surface area contributed by atoms with Crippen LogP contribution in [0.2, 0.25) is 0 Å².